The van der Waals surface area contributed by atoms with Crippen molar-refractivity contribution in [1.29, 1.82) is 0 Å². The third kappa shape index (κ3) is 31.9. The number of alkyl carbamates (subject to hydrolysis) is 3. The minimum Gasteiger partial charge on any atom is -0.447 e. The number of carbonyl (C=O) groups is 18. The summed E-state index contributed by atoms with van der Waals surface area (Å²) in [6, 6.07) is -12.2. The number of piperidine rings is 3. The number of carbonyl (C=O) groups excluding carboxylic acids is 18. The van der Waals surface area contributed by atoms with Gasteiger partial charge < -0.3 is 109 Å². The third-order valence-electron chi connectivity index (χ3n) is 32.7. The van der Waals surface area contributed by atoms with Crippen molar-refractivity contribution in [3.63, 3.8) is 0 Å². The number of terminal acetylenes is 2. The molecule has 39 heteroatoms. The smallest absolute Gasteiger partial charge is 0.407 e. The van der Waals surface area contributed by atoms with Crippen LogP contribution in [0.1, 0.15) is 307 Å². The zero-order valence-electron chi connectivity index (χ0n) is 92.8. The minimum atomic E-state index is -1.14. The molecule has 3 aliphatic heterocycles. The van der Waals surface area contributed by atoms with Gasteiger partial charge in [-0.25, -0.2) is 28.8 Å². The monoisotopic (exact) mass is 2080 g/mol. The van der Waals surface area contributed by atoms with E-state index in [1.165, 1.54) is 6.08 Å². The van der Waals surface area contributed by atoms with E-state index < -0.39 is 194 Å². The highest BCUT2D eigenvalue weighted by atomic mass is 16.6. The second-order valence-corrected chi connectivity index (χ2v) is 47.8. The van der Waals surface area contributed by atoms with Crippen LogP contribution >= 0.6 is 0 Å². The number of hydrogen-bond donors (Lipinski definition) is 15. The quantitative estimate of drug-likeness (QED) is 0.0117. The van der Waals surface area contributed by atoms with Crippen molar-refractivity contribution in [2.75, 3.05) is 78.7 Å². The van der Waals surface area contributed by atoms with Crippen molar-refractivity contribution < 1.29 is 101 Å². The Balaban J connectivity index is 0.000000300. The number of Topliss-reactive ketones (excluding diaryl/α,β-unsaturated/α-hetero) is 3. The molecule has 830 valence electrons. The van der Waals surface area contributed by atoms with E-state index in [0.717, 1.165) is 70.6 Å². The number of amides is 18. The van der Waals surface area contributed by atoms with Crippen LogP contribution in [0.3, 0.4) is 0 Å². The number of hydrogen-bond acceptors (Lipinski definition) is 21. The molecule has 9 unspecified atom stereocenters. The number of fused-ring (bicyclic) bond motifs is 3. The van der Waals surface area contributed by atoms with Gasteiger partial charge in [0.15, 0.2) is 0 Å². The highest BCUT2D eigenvalue weighted by Gasteiger charge is 2.73. The molecule has 0 aromatic heterocycles. The first-order valence-corrected chi connectivity index (χ1v) is 54.0. The van der Waals surface area contributed by atoms with Crippen molar-refractivity contribution in [1.82, 2.24) is 94.5 Å². The predicted octanol–water partition coefficient (Wildman–Crippen LogP) is 9.56. The lowest BCUT2D eigenvalue weighted by atomic mass is 9.70. The summed E-state index contributed by atoms with van der Waals surface area (Å²) >= 11 is 0. The lowest BCUT2D eigenvalue weighted by molar-refractivity contribution is -0.146. The number of rotatable bonds is 44. The maximum absolute atomic E-state index is 14.7. The van der Waals surface area contributed by atoms with E-state index in [2.05, 4.69) is 140 Å². The lowest BCUT2D eigenvalue weighted by Crippen LogP contribution is -2.63. The van der Waals surface area contributed by atoms with Crippen molar-refractivity contribution in [3.05, 3.63) is 12.7 Å². The summed E-state index contributed by atoms with van der Waals surface area (Å²) in [5.41, 5.74) is -3.77. The zero-order chi connectivity index (χ0) is 111. The average molecular weight is 2080 g/mol. The molecule has 3 saturated heterocycles. The second kappa shape index (κ2) is 53.4. The maximum atomic E-state index is 14.7. The Labute approximate surface area is 877 Å². The number of nitrogens with one attached hydrogen (secondary N) is 15. The Morgan fingerprint density at radius 2 is 0.622 bits per heavy atom. The largest absolute Gasteiger partial charge is 0.447 e. The summed E-state index contributed by atoms with van der Waals surface area (Å²) in [6.45, 7) is 52.7. The Kier molecular flexibility index (Phi) is 44.6. The number of likely N-dealkylation sites (N-methyl/N-ethyl adjacent to an activating group) is 1. The van der Waals surface area contributed by atoms with Gasteiger partial charge >= 0.3 is 36.4 Å². The van der Waals surface area contributed by atoms with Crippen LogP contribution in [0.4, 0.5) is 28.8 Å². The van der Waals surface area contributed by atoms with Gasteiger partial charge in [0.2, 0.25) is 52.8 Å². The fourth-order valence-corrected chi connectivity index (χ4v) is 22.7. The van der Waals surface area contributed by atoms with E-state index in [4.69, 9.17) is 27.1 Å². The number of ether oxygens (including phenoxy) is 3. The highest BCUT2D eigenvalue weighted by molar-refractivity contribution is 6.39. The van der Waals surface area contributed by atoms with Crippen LogP contribution in [0.5, 0.6) is 0 Å². The van der Waals surface area contributed by atoms with Gasteiger partial charge in [-0.05, 0) is 176 Å². The molecule has 9 fully saturated rings. The summed E-state index contributed by atoms with van der Waals surface area (Å²) in [5, 5.41) is 41.5. The summed E-state index contributed by atoms with van der Waals surface area (Å²) in [5.74, 6) is -2.56. The van der Waals surface area contributed by atoms with E-state index in [-0.39, 0.29) is 134 Å². The van der Waals surface area contributed by atoms with Crippen LogP contribution in [0, 0.1) is 109 Å². The maximum Gasteiger partial charge on any atom is 0.407 e. The average Bonchev–Trinajstić information content (AvgIpc) is 1.53. The Morgan fingerprint density at radius 3 is 0.865 bits per heavy atom. The fourth-order valence-electron chi connectivity index (χ4n) is 22.7. The summed E-state index contributed by atoms with van der Waals surface area (Å²) in [7, 11) is 0. The van der Waals surface area contributed by atoms with Crippen molar-refractivity contribution in [2.24, 2.45) is 84.2 Å². The molecule has 9 aliphatic rings. The molecule has 148 heavy (non-hydrogen) atoms. The molecule has 0 bridgehead atoms. The Bertz CT molecular complexity index is 4790. The van der Waals surface area contributed by atoms with Crippen LogP contribution in [0.2, 0.25) is 0 Å². The van der Waals surface area contributed by atoms with Crippen LogP contribution in [0.15, 0.2) is 12.7 Å². The van der Waals surface area contributed by atoms with Gasteiger partial charge in [-0.15, -0.1) is 31.3 Å². The molecular formula is C109H178N18O21. The molecule has 6 saturated carbocycles. The predicted molar refractivity (Wildman–Crippen MR) is 561 cm³/mol. The van der Waals surface area contributed by atoms with Crippen LogP contribution in [-0.2, 0) is 71.7 Å². The Morgan fingerprint density at radius 1 is 0.358 bits per heavy atom. The van der Waals surface area contributed by atoms with Gasteiger partial charge in [0.1, 0.15) is 56.1 Å². The normalized spacial score (nSPS) is 23.7. The first kappa shape index (κ1) is 124. The van der Waals surface area contributed by atoms with Crippen molar-refractivity contribution in [2.45, 2.75) is 380 Å². The summed E-state index contributed by atoms with van der Waals surface area (Å²) in [6.07, 6.45) is 25.4. The number of nitrogens with zero attached hydrogens (tertiary/aromatic N) is 3. The Hall–Kier alpha value is -11.3. The third-order valence-corrected chi connectivity index (χ3v) is 32.7. The molecule has 3 heterocycles. The van der Waals surface area contributed by atoms with Crippen molar-refractivity contribution >= 4 is 107 Å². The molecule has 0 aromatic carbocycles. The number of ketones is 3. The molecule has 0 radical (unpaired) electrons. The first-order chi connectivity index (χ1) is 69.3. The summed E-state index contributed by atoms with van der Waals surface area (Å²) < 4.78 is 16.1. The highest BCUT2D eigenvalue weighted by Crippen LogP contribution is 2.67. The van der Waals surface area contributed by atoms with Gasteiger partial charge in [-0.2, -0.15) is 0 Å². The van der Waals surface area contributed by atoms with Gasteiger partial charge in [0, 0.05) is 71.7 Å². The van der Waals surface area contributed by atoms with E-state index in [1.54, 1.807) is 42.4 Å². The topological polar surface area (TPSA) is 525 Å². The molecule has 0 spiro atoms. The number of urea groups is 3. The molecule has 18 amide bonds. The second-order valence-electron chi connectivity index (χ2n) is 47.8. The van der Waals surface area contributed by atoms with Crippen LogP contribution < -0.4 is 79.8 Å². The molecule has 18 atom stereocenters. The zero-order valence-corrected chi connectivity index (χ0v) is 92.8. The molecule has 39 nitrogen and oxygen atoms in total. The van der Waals surface area contributed by atoms with Crippen LogP contribution in [-0.4, -0.2) is 273 Å². The van der Waals surface area contributed by atoms with Gasteiger partial charge in [-0.3, -0.25) is 57.5 Å². The molecule has 9 rings (SSSR count). The number of likely N-dealkylation sites (tertiary alicyclic amines) is 3. The molecule has 0 aromatic rings. The van der Waals surface area contributed by atoms with E-state index in [0.29, 0.717) is 84.3 Å². The lowest BCUT2D eigenvalue weighted by Gasteiger charge is -2.43. The van der Waals surface area contributed by atoms with E-state index in [9.17, 15) is 86.3 Å². The minimum absolute atomic E-state index is 0.0558. The van der Waals surface area contributed by atoms with Gasteiger partial charge in [0.05, 0.1) is 36.3 Å². The molecular weight excluding hydrogens is 1900 g/mol. The van der Waals surface area contributed by atoms with Crippen LogP contribution in [0.25, 0.3) is 0 Å². The molecule has 15 N–H and O–H groups in total. The standard InChI is InChI=1S/C37H60N6O7.C36H60N6O7.C36H58N6O7/c1-10-13-17-24(28(44)31(46)39-20-11-2)40-30(45)27-26-23(36(26,7)8)21-43(27)32(47)29(37(9)18-15-14-16-19-37)42-33(48)41-25(35(4,5)6)22-50-34(49)38-12-3;1-10-16-23(27(43)30(45)38-19-11-2)39-29(44)26-25-22(35(25,7)8)20-42(26)31(46)28(36(9)17-14-13-15-18-36)41-32(47)40-24(34(4,5)6)21-49-33(48)37-12-3;1-10-13-17-23(27(43)30(45)37-11-2)39-29(44)26-25-22(35(25,7)8)20-42(26)31(46)28(36(9)18-15-14-16-19-36)41-32(47)40-24(34(4,5)6)21-49-33(48)38-12-3/h1,23-27,29H,11-22H2,2-9H3,(H,38,49)(H,39,46)(H,40,45)(H2,41,42,48);11,22-26,28H,2,10,12-21H2,1,3-9H3,(H,37,48)(H,38,45)(H,39,44)(H2,40,41,47);1,22-26,28H,11-21H2,2-9H3,(H,37,45)(H,38,48)(H,39,44)(H2,40,41,47)/t23?,24?,25-,26?,27+,29-;2*22?,23?,24-,25?,26+,28-/m111/s1. The fraction of sp³-hybridized carbons (Fsp3) is 0.780. The first-order valence-electron chi connectivity index (χ1n) is 54.0. The molecule has 6 aliphatic carbocycles. The van der Waals surface area contributed by atoms with E-state index >= 15 is 0 Å². The summed E-state index contributed by atoms with van der Waals surface area (Å²) in [4.78, 5) is 245. The van der Waals surface area contributed by atoms with Crippen molar-refractivity contribution in [3.8, 4) is 24.7 Å². The SMILES string of the molecule is C#CCCC(NC(=O)[C@@H]1C2C(CN1C(=O)[C@@H](NC(=O)N[C@H](COC(=O)NCC)C(C)(C)C)C1(C)CCCCC1)C2(C)C)C(=O)C(=O)NCC.C#CCCC(NC(=O)[C@@H]1C2C(CN1C(=O)[C@@H](NC(=O)N[C@H](COC(=O)NCC)C(C)(C)C)C1(C)CCCCC1)C2(C)C)C(=O)C(=O)NCCC.C=CCNC(=O)C(=O)C(CCC)NC(=O)[C@@H]1C2C(CN1C(=O)[C@@H](NC(=O)N[C@H](COC(=O)NCC)C(C)(C)C)C1(C)CCCCC1)C2(C)C. The van der Waals surface area contributed by atoms with Gasteiger partial charge in [0.25, 0.3) is 17.7 Å². The van der Waals surface area contributed by atoms with E-state index in [1.807, 2.05) is 96.9 Å². The van der Waals surface area contributed by atoms with Gasteiger partial charge in [-0.1, -0.05) is 209 Å².